The van der Waals surface area contributed by atoms with Crippen LogP contribution in [0.5, 0.6) is 0 Å². The second-order valence-corrected chi connectivity index (χ2v) is 5.03. The molecule has 1 aromatic rings. The zero-order chi connectivity index (χ0) is 16.8. The molecule has 0 aromatic heterocycles. The highest BCUT2D eigenvalue weighted by Crippen LogP contribution is 2.21. The van der Waals surface area contributed by atoms with Gasteiger partial charge in [-0.2, -0.15) is 0 Å². The van der Waals surface area contributed by atoms with Crippen LogP contribution in [0.2, 0.25) is 0 Å². The summed E-state index contributed by atoms with van der Waals surface area (Å²) in [5.41, 5.74) is 1.71. The van der Waals surface area contributed by atoms with Gasteiger partial charge in [0.25, 0.3) is 11.8 Å². The Morgan fingerprint density at radius 3 is 2.70 bits per heavy atom. The van der Waals surface area contributed by atoms with Gasteiger partial charge in [-0.25, -0.2) is 0 Å². The Bertz CT molecular complexity index is 654. The van der Waals surface area contributed by atoms with E-state index < -0.39 is 11.8 Å². The van der Waals surface area contributed by atoms with Crippen LogP contribution in [0.1, 0.15) is 12.0 Å². The molecule has 0 radical (unpaired) electrons. The molecular weight excluding hydrogens is 298 g/mol. The second kappa shape index (κ2) is 7.55. The van der Waals surface area contributed by atoms with Gasteiger partial charge < -0.3 is 15.7 Å². The number of hydrogen-bond donors (Lipinski definition) is 3. The van der Waals surface area contributed by atoms with Crippen LogP contribution in [-0.4, -0.2) is 47.9 Å². The highest BCUT2D eigenvalue weighted by atomic mass is 16.3. The number of amides is 3. The highest BCUT2D eigenvalue weighted by Gasteiger charge is 2.30. The van der Waals surface area contributed by atoms with Crippen molar-refractivity contribution in [1.29, 1.82) is 0 Å². The van der Waals surface area contributed by atoms with Crippen molar-refractivity contribution in [2.75, 3.05) is 25.5 Å². The van der Waals surface area contributed by atoms with E-state index in [-0.39, 0.29) is 24.8 Å². The largest absolute Gasteiger partial charge is 0.395 e. The highest BCUT2D eigenvalue weighted by molar-refractivity contribution is 6.17. The van der Waals surface area contributed by atoms with Crippen molar-refractivity contribution in [3.05, 3.63) is 41.6 Å². The molecule has 0 saturated heterocycles. The number of carbonyl (C=O) groups excluding carboxylic acids is 3. The van der Waals surface area contributed by atoms with Crippen molar-refractivity contribution in [2.24, 2.45) is 0 Å². The number of β-amino-alcohol motifs (C(OH)–C–C–N with tert-alkyl or cyclic N) is 1. The molecule has 3 N–H and O–H groups in total. The number of nitrogens with zero attached hydrogens (tertiary/aromatic N) is 1. The van der Waals surface area contributed by atoms with Crippen LogP contribution >= 0.6 is 0 Å². The summed E-state index contributed by atoms with van der Waals surface area (Å²) in [5, 5.41) is 14.4. The first-order valence-corrected chi connectivity index (χ1v) is 7.30. The summed E-state index contributed by atoms with van der Waals surface area (Å²) in [6.45, 7) is -0.307. The van der Waals surface area contributed by atoms with Gasteiger partial charge in [0.2, 0.25) is 5.91 Å². The standard InChI is InChI=1S/C16H19N3O4/c1-17-14(21)7-6-11-4-2-3-5-12(11)18-13-10-15(22)19(8-9-20)16(13)23/h2-5,10,18,20H,6-9H2,1H3,(H,17,21). The molecule has 7 nitrogen and oxygen atoms in total. The van der Waals surface area contributed by atoms with Gasteiger partial charge in [0, 0.05) is 25.2 Å². The van der Waals surface area contributed by atoms with E-state index in [1.807, 2.05) is 12.1 Å². The number of carbonyl (C=O) groups is 3. The van der Waals surface area contributed by atoms with E-state index in [0.717, 1.165) is 10.5 Å². The lowest BCUT2D eigenvalue weighted by Gasteiger charge is -2.15. The Labute approximate surface area is 134 Å². The maximum Gasteiger partial charge on any atom is 0.277 e. The predicted molar refractivity (Wildman–Crippen MR) is 84.3 cm³/mol. The van der Waals surface area contributed by atoms with Crippen LogP contribution in [0.15, 0.2) is 36.0 Å². The Kier molecular flexibility index (Phi) is 5.48. The number of nitrogens with one attached hydrogen (secondary N) is 2. The minimum atomic E-state index is -0.467. The van der Waals surface area contributed by atoms with Gasteiger partial charge in [-0.15, -0.1) is 0 Å². The molecule has 3 amide bonds. The molecule has 0 fully saturated rings. The third-order valence-electron chi connectivity index (χ3n) is 3.52. The maximum absolute atomic E-state index is 12.1. The zero-order valence-electron chi connectivity index (χ0n) is 12.8. The molecule has 1 aromatic carbocycles. The van der Waals surface area contributed by atoms with E-state index in [0.29, 0.717) is 18.5 Å². The Hall–Kier alpha value is -2.67. The molecule has 0 bridgehead atoms. The van der Waals surface area contributed by atoms with Crippen molar-refractivity contribution in [3.63, 3.8) is 0 Å². The normalized spacial score (nSPS) is 14.0. The number of anilines is 1. The van der Waals surface area contributed by atoms with Crippen molar-refractivity contribution >= 4 is 23.4 Å². The van der Waals surface area contributed by atoms with Crippen molar-refractivity contribution < 1.29 is 19.5 Å². The monoisotopic (exact) mass is 317 g/mol. The van der Waals surface area contributed by atoms with Crippen molar-refractivity contribution in [3.8, 4) is 0 Å². The minimum Gasteiger partial charge on any atom is -0.395 e. The Morgan fingerprint density at radius 1 is 1.26 bits per heavy atom. The fourth-order valence-electron chi connectivity index (χ4n) is 2.29. The predicted octanol–water partition coefficient (Wildman–Crippen LogP) is 0.0221. The third-order valence-corrected chi connectivity index (χ3v) is 3.52. The minimum absolute atomic E-state index is 0.0301. The molecule has 0 aliphatic carbocycles. The quantitative estimate of drug-likeness (QED) is 0.616. The van der Waals surface area contributed by atoms with E-state index in [1.165, 1.54) is 6.08 Å². The molecule has 0 spiro atoms. The first-order valence-electron chi connectivity index (χ1n) is 7.30. The average Bonchev–Trinajstić information content (AvgIpc) is 2.81. The number of aryl methyl sites for hydroxylation is 1. The third kappa shape index (κ3) is 3.95. The van der Waals surface area contributed by atoms with Gasteiger partial charge in [0.05, 0.1) is 13.2 Å². The first-order chi connectivity index (χ1) is 11.1. The summed E-state index contributed by atoms with van der Waals surface area (Å²) in [5.74, 6) is -0.986. The fraction of sp³-hybridized carbons (Fsp3) is 0.312. The molecule has 0 atom stereocenters. The first kappa shape index (κ1) is 16.7. The van der Waals surface area contributed by atoms with E-state index in [2.05, 4.69) is 10.6 Å². The summed E-state index contributed by atoms with van der Waals surface area (Å²) in [6, 6.07) is 7.29. The molecule has 122 valence electrons. The molecule has 7 heteroatoms. The van der Waals surface area contributed by atoms with Gasteiger partial charge in [-0.05, 0) is 18.1 Å². The van der Waals surface area contributed by atoms with Crippen LogP contribution in [0, 0.1) is 0 Å². The van der Waals surface area contributed by atoms with Crippen LogP contribution < -0.4 is 10.6 Å². The summed E-state index contributed by atoms with van der Waals surface area (Å²) in [7, 11) is 1.58. The van der Waals surface area contributed by atoms with E-state index in [1.54, 1.807) is 19.2 Å². The number of rotatable bonds is 7. The average molecular weight is 317 g/mol. The number of benzene rings is 1. The van der Waals surface area contributed by atoms with Crippen LogP contribution in [0.4, 0.5) is 5.69 Å². The number of aliphatic hydroxyl groups is 1. The molecule has 0 saturated carbocycles. The van der Waals surface area contributed by atoms with Crippen LogP contribution in [-0.2, 0) is 20.8 Å². The number of para-hydroxylation sites is 1. The fourth-order valence-corrected chi connectivity index (χ4v) is 2.29. The number of aliphatic hydroxyl groups excluding tert-OH is 1. The van der Waals surface area contributed by atoms with Gasteiger partial charge in [0.15, 0.2) is 0 Å². The summed E-state index contributed by atoms with van der Waals surface area (Å²) in [6.07, 6.45) is 2.06. The maximum atomic E-state index is 12.1. The molecule has 1 aliphatic heterocycles. The topological polar surface area (TPSA) is 98.7 Å². The molecule has 0 unspecified atom stereocenters. The summed E-state index contributed by atoms with van der Waals surface area (Å²) < 4.78 is 0. The lowest BCUT2D eigenvalue weighted by atomic mass is 10.1. The summed E-state index contributed by atoms with van der Waals surface area (Å²) >= 11 is 0. The van der Waals surface area contributed by atoms with Crippen LogP contribution in [0.3, 0.4) is 0 Å². The molecule has 1 aliphatic rings. The zero-order valence-corrected chi connectivity index (χ0v) is 12.8. The summed E-state index contributed by atoms with van der Waals surface area (Å²) in [4.78, 5) is 36.2. The molecular formula is C16H19N3O4. The van der Waals surface area contributed by atoms with E-state index in [9.17, 15) is 14.4 Å². The van der Waals surface area contributed by atoms with Gasteiger partial charge in [0.1, 0.15) is 5.70 Å². The van der Waals surface area contributed by atoms with Gasteiger partial charge >= 0.3 is 0 Å². The molecule has 2 rings (SSSR count). The van der Waals surface area contributed by atoms with Gasteiger partial charge in [-0.1, -0.05) is 18.2 Å². The smallest absolute Gasteiger partial charge is 0.277 e. The number of imide groups is 1. The van der Waals surface area contributed by atoms with Crippen molar-refractivity contribution in [1.82, 2.24) is 10.2 Å². The van der Waals surface area contributed by atoms with Gasteiger partial charge in [-0.3, -0.25) is 19.3 Å². The lowest BCUT2D eigenvalue weighted by Crippen LogP contribution is -2.34. The van der Waals surface area contributed by atoms with Crippen LogP contribution in [0.25, 0.3) is 0 Å². The Morgan fingerprint density at radius 2 is 2.00 bits per heavy atom. The second-order valence-electron chi connectivity index (χ2n) is 5.03. The van der Waals surface area contributed by atoms with E-state index in [4.69, 9.17) is 5.11 Å². The molecule has 23 heavy (non-hydrogen) atoms. The number of hydrogen-bond acceptors (Lipinski definition) is 5. The molecule has 1 heterocycles. The lowest BCUT2D eigenvalue weighted by molar-refractivity contribution is -0.137. The Balaban J connectivity index is 2.12. The van der Waals surface area contributed by atoms with Crippen molar-refractivity contribution in [2.45, 2.75) is 12.8 Å². The SMILES string of the molecule is CNC(=O)CCc1ccccc1NC1=CC(=O)N(CCO)C1=O. The van der Waals surface area contributed by atoms with E-state index >= 15 is 0 Å².